The van der Waals surface area contributed by atoms with Gasteiger partial charge in [0, 0.05) is 18.8 Å². The van der Waals surface area contributed by atoms with Crippen LogP contribution in [0.25, 0.3) is 0 Å². The third kappa shape index (κ3) is 7.45. The highest BCUT2D eigenvalue weighted by molar-refractivity contribution is 6.32. The van der Waals surface area contributed by atoms with Crippen molar-refractivity contribution in [3.8, 4) is 5.75 Å². The molecule has 188 valence electrons. The summed E-state index contributed by atoms with van der Waals surface area (Å²) in [6.07, 6.45) is -0.637. The quantitative estimate of drug-likeness (QED) is 0.296. The number of nitrogens with one attached hydrogen (secondary N) is 2. The fraction of sp³-hybridized carbons (Fsp3) is 0.391. The van der Waals surface area contributed by atoms with Crippen molar-refractivity contribution in [2.24, 2.45) is 11.8 Å². The molecule has 3 amide bonds. The van der Waals surface area contributed by atoms with Crippen LogP contribution in [-0.2, 0) is 20.9 Å². The number of carbonyl (C=O) groups is 3. The van der Waals surface area contributed by atoms with Gasteiger partial charge in [0.15, 0.2) is 0 Å². The minimum Gasteiger partial charge on any atom is -0.489 e. The van der Waals surface area contributed by atoms with E-state index >= 15 is 0 Å². The van der Waals surface area contributed by atoms with Crippen LogP contribution >= 0.6 is 23.2 Å². The molecule has 0 spiro atoms. The highest BCUT2D eigenvalue weighted by Gasteiger charge is 2.44. The number of hydrogen-bond donors (Lipinski definition) is 3. The van der Waals surface area contributed by atoms with Gasteiger partial charge < -0.3 is 19.7 Å². The molecule has 0 unspecified atom stereocenters. The predicted octanol–water partition coefficient (Wildman–Crippen LogP) is 3.89. The van der Waals surface area contributed by atoms with E-state index in [0.717, 1.165) is 5.56 Å². The van der Waals surface area contributed by atoms with Crippen LogP contribution in [0.2, 0.25) is 10.3 Å². The van der Waals surface area contributed by atoms with Crippen molar-refractivity contribution in [2.45, 2.75) is 33.0 Å². The van der Waals surface area contributed by atoms with Crippen molar-refractivity contribution in [1.29, 1.82) is 0 Å². The lowest BCUT2D eigenvalue weighted by molar-refractivity contribution is -0.137. The number of benzene rings is 1. The number of pyridine rings is 1. The number of rotatable bonds is 6. The first-order valence-corrected chi connectivity index (χ1v) is 11.5. The molecule has 3 rings (SSSR count). The molecule has 0 radical (unpaired) electrons. The highest BCUT2D eigenvalue weighted by Crippen LogP contribution is 2.27. The van der Waals surface area contributed by atoms with Crippen LogP contribution in [0.15, 0.2) is 36.4 Å². The maximum atomic E-state index is 12.9. The Morgan fingerprint density at radius 1 is 1.06 bits per heavy atom. The molecule has 1 saturated heterocycles. The van der Waals surface area contributed by atoms with E-state index < -0.39 is 35.3 Å². The average molecular weight is 525 g/mol. The van der Waals surface area contributed by atoms with Gasteiger partial charge >= 0.3 is 6.09 Å². The van der Waals surface area contributed by atoms with Crippen LogP contribution in [0.4, 0.5) is 10.5 Å². The van der Waals surface area contributed by atoms with Gasteiger partial charge in [-0.2, -0.15) is 0 Å². The van der Waals surface area contributed by atoms with Crippen LogP contribution in [0.1, 0.15) is 26.3 Å². The van der Waals surface area contributed by atoms with Crippen molar-refractivity contribution < 1.29 is 29.1 Å². The molecule has 1 aromatic heterocycles. The summed E-state index contributed by atoms with van der Waals surface area (Å²) in [5, 5.41) is 12.4. The molecule has 1 aromatic carbocycles. The third-order valence-corrected chi connectivity index (χ3v) is 5.49. The Bertz CT molecular complexity index is 1070. The van der Waals surface area contributed by atoms with Crippen LogP contribution in [0, 0.1) is 11.8 Å². The fourth-order valence-corrected chi connectivity index (χ4v) is 4.03. The lowest BCUT2D eigenvalue weighted by Crippen LogP contribution is -2.38. The molecular formula is C23H26Cl2N4O6. The molecule has 0 saturated carbocycles. The number of carbonyl (C=O) groups excluding carboxylic acids is 3. The number of hydrogen-bond acceptors (Lipinski definition) is 7. The van der Waals surface area contributed by atoms with E-state index in [9.17, 15) is 14.4 Å². The third-order valence-electron chi connectivity index (χ3n) is 5.11. The molecule has 10 nitrogen and oxygen atoms in total. The van der Waals surface area contributed by atoms with Gasteiger partial charge in [0.05, 0.1) is 11.8 Å². The Balaban J connectivity index is 1.62. The Labute approximate surface area is 212 Å². The second kappa shape index (κ2) is 11.1. The van der Waals surface area contributed by atoms with E-state index in [1.165, 1.54) is 4.90 Å². The van der Waals surface area contributed by atoms with Gasteiger partial charge in [-0.3, -0.25) is 14.8 Å². The first-order valence-electron chi connectivity index (χ1n) is 10.7. The largest absolute Gasteiger partial charge is 0.489 e. The Morgan fingerprint density at radius 2 is 1.63 bits per heavy atom. The molecule has 12 heteroatoms. The van der Waals surface area contributed by atoms with E-state index in [2.05, 4.69) is 10.3 Å². The smallest absolute Gasteiger partial charge is 0.410 e. The first-order chi connectivity index (χ1) is 16.4. The molecule has 2 heterocycles. The number of halogens is 2. The Morgan fingerprint density at radius 3 is 2.17 bits per heavy atom. The van der Waals surface area contributed by atoms with Crippen molar-refractivity contribution >= 4 is 46.8 Å². The summed E-state index contributed by atoms with van der Waals surface area (Å²) in [5.74, 6) is -2.50. The number of hydroxylamine groups is 1. The summed E-state index contributed by atoms with van der Waals surface area (Å²) in [6, 6.07) is 9.90. The lowest BCUT2D eigenvalue weighted by Gasteiger charge is -2.24. The van der Waals surface area contributed by atoms with E-state index in [1.54, 1.807) is 62.6 Å². The zero-order valence-electron chi connectivity index (χ0n) is 19.4. The van der Waals surface area contributed by atoms with Crippen molar-refractivity contribution in [3.05, 3.63) is 52.3 Å². The second-order valence-electron chi connectivity index (χ2n) is 9.00. The standard InChI is InChI=1S/C23H26Cl2N4O6/c1-23(2,3)35-22(32)29-10-16(17(11-29)21(31)28-33)20(30)26-14-4-6-15(7-5-14)34-12-13-8-18(24)27-19(25)9-13/h4-9,16-17,33H,10-12H2,1-3H3,(H,26,30)(H,28,31)/t16-,17-/m1/s1. The summed E-state index contributed by atoms with van der Waals surface area (Å²) in [5.41, 5.74) is 2.06. The summed E-state index contributed by atoms with van der Waals surface area (Å²) in [4.78, 5) is 42.7. The molecular weight excluding hydrogens is 499 g/mol. The highest BCUT2D eigenvalue weighted by atomic mass is 35.5. The van der Waals surface area contributed by atoms with Gasteiger partial charge in [0.1, 0.15) is 28.3 Å². The lowest BCUT2D eigenvalue weighted by atomic mass is 9.94. The molecule has 35 heavy (non-hydrogen) atoms. The normalized spacial score (nSPS) is 17.6. The first kappa shape index (κ1) is 26.5. The number of likely N-dealkylation sites (tertiary alicyclic amines) is 1. The molecule has 0 bridgehead atoms. The van der Waals surface area contributed by atoms with E-state index in [1.807, 2.05) is 0 Å². The topological polar surface area (TPSA) is 130 Å². The fourth-order valence-electron chi connectivity index (χ4n) is 3.53. The van der Waals surface area contributed by atoms with Crippen LogP contribution in [0.3, 0.4) is 0 Å². The van der Waals surface area contributed by atoms with Crippen molar-refractivity contribution in [1.82, 2.24) is 15.4 Å². The van der Waals surface area contributed by atoms with Gasteiger partial charge in [0.2, 0.25) is 11.8 Å². The van der Waals surface area contributed by atoms with E-state index in [0.29, 0.717) is 11.4 Å². The van der Waals surface area contributed by atoms with E-state index in [4.69, 9.17) is 37.9 Å². The monoisotopic (exact) mass is 524 g/mol. The number of nitrogens with zero attached hydrogens (tertiary/aromatic N) is 2. The average Bonchev–Trinajstić information content (AvgIpc) is 3.22. The number of anilines is 1. The molecule has 2 atom stereocenters. The molecule has 2 aromatic rings. The predicted molar refractivity (Wildman–Crippen MR) is 128 cm³/mol. The summed E-state index contributed by atoms with van der Waals surface area (Å²) in [6.45, 7) is 5.29. The van der Waals surface area contributed by atoms with Gasteiger partial charge in [0.25, 0.3) is 0 Å². The minimum absolute atomic E-state index is 0.0307. The van der Waals surface area contributed by atoms with Crippen molar-refractivity contribution in [3.63, 3.8) is 0 Å². The van der Waals surface area contributed by atoms with Gasteiger partial charge in [-0.15, -0.1) is 0 Å². The SMILES string of the molecule is CC(C)(C)OC(=O)N1C[C@@H](C(=O)NO)[C@H](C(=O)Nc2ccc(OCc3cc(Cl)nc(Cl)c3)cc2)C1. The maximum absolute atomic E-state index is 12.9. The summed E-state index contributed by atoms with van der Waals surface area (Å²) in [7, 11) is 0. The Hall–Kier alpha value is -3.08. The summed E-state index contributed by atoms with van der Waals surface area (Å²) < 4.78 is 11.0. The number of amides is 3. The van der Waals surface area contributed by atoms with Gasteiger partial charge in [-0.25, -0.2) is 15.3 Å². The zero-order valence-corrected chi connectivity index (χ0v) is 20.9. The van der Waals surface area contributed by atoms with Crippen LogP contribution < -0.4 is 15.5 Å². The van der Waals surface area contributed by atoms with Crippen LogP contribution in [0.5, 0.6) is 5.75 Å². The van der Waals surface area contributed by atoms with Crippen LogP contribution in [-0.4, -0.2) is 51.7 Å². The molecule has 1 fully saturated rings. The molecule has 0 aliphatic carbocycles. The molecule has 1 aliphatic heterocycles. The maximum Gasteiger partial charge on any atom is 0.410 e. The number of aromatic nitrogens is 1. The molecule has 3 N–H and O–H groups in total. The number of ether oxygens (including phenoxy) is 2. The second-order valence-corrected chi connectivity index (χ2v) is 9.77. The van der Waals surface area contributed by atoms with Gasteiger partial charge in [-0.1, -0.05) is 23.2 Å². The van der Waals surface area contributed by atoms with E-state index in [-0.39, 0.29) is 30.0 Å². The zero-order chi connectivity index (χ0) is 25.8. The van der Waals surface area contributed by atoms with Crippen molar-refractivity contribution in [2.75, 3.05) is 18.4 Å². The summed E-state index contributed by atoms with van der Waals surface area (Å²) >= 11 is 11.8. The van der Waals surface area contributed by atoms with Gasteiger partial charge in [-0.05, 0) is 62.7 Å². The molecule has 1 aliphatic rings. The Kier molecular flexibility index (Phi) is 8.42. The minimum atomic E-state index is -0.936.